The van der Waals surface area contributed by atoms with Crippen molar-refractivity contribution in [3.8, 4) is 5.75 Å². The Kier molecular flexibility index (Phi) is 7.77. The Morgan fingerprint density at radius 1 is 1.23 bits per heavy atom. The molecule has 8 nitrogen and oxygen atoms in total. The second-order valence-electron chi connectivity index (χ2n) is 5.84. The number of methoxy groups -OCH3 is 1. The van der Waals surface area contributed by atoms with Gasteiger partial charge in [0, 0.05) is 31.1 Å². The molecule has 0 aliphatic heterocycles. The second-order valence-corrected chi connectivity index (χ2v) is 5.84. The van der Waals surface area contributed by atoms with Crippen LogP contribution in [-0.4, -0.2) is 59.8 Å². The molecule has 0 heterocycles. The number of nitrogens with zero attached hydrogens (tertiary/aromatic N) is 1. The van der Waals surface area contributed by atoms with Crippen LogP contribution in [0.25, 0.3) is 0 Å². The van der Waals surface area contributed by atoms with E-state index in [1.165, 1.54) is 32.8 Å². The molecule has 0 aliphatic rings. The Morgan fingerprint density at radius 3 is 2.38 bits per heavy atom. The fraction of sp³-hybridized carbons (Fsp3) is 0.444. The van der Waals surface area contributed by atoms with Crippen LogP contribution in [0.1, 0.15) is 36.7 Å². The molecule has 8 heteroatoms. The monoisotopic (exact) mass is 364 g/mol. The molecule has 1 rings (SSSR count). The fourth-order valence-electron chi connectivity index (χ4n) is 2.42. The van der Waals surface area contributed by atoms with Gasteiger partial charge in [-0.2, -0.15) is 0 Å². The molecule has 0 radical (unpaired) electrons. The van der Waals surface area contributed by atoms with E-state index in [4.69, 9.17) is 4.74 Å². The number of ketones is 1. The van der Waals surface area contributed by atoms with Crippen molar-refractivity contribution < 1.29 is 29.0 Å². The Hall–Kier alpha value is -2.90. The third-order valence-corrected chi connectivity index (χ3v) is 3.90. The molecular formula is C18H24N2O6. The van der Waals surface area contributed by atoms with Gasteiger partial charge in [0.05, 0.1) is 13.5 Å². The Balaban J connectivity index is 3.04. The molecule has 1 aromatic carbocycles. The van der Waals surface area contributed by atoms with E-state index in [-0.39, 0.29) is 31.2 Å². The summed E-state index contributed by atoms with van der Waals surface area (Å²) in [5.74, 6) is -1.57. The summed E-state index contributed by atoms with van der Waals surface area (Å²) in [7, 11) is 1.45. The molecule has 1 atom stereocenters. The highest BCUT2D eigenvalue weighted by atomic mass is 16.5. The first-order valence-corrected chi connectivity index (χ1v) is 8.12. The number of carboxylic acid groups (broad SMARTS) is 1. The topological polar surface area (TPSA) is 113 Å². The number of aliphatic carboxylic acids is 1. The number of carbonyl (C=O) groups excluding carboxylic acids is 3. The van der Waals surface area contributed by atoms with E-state index < -0.39 is 17.9 Å². The SMILES string of the molecule is COc1ccc(C(C)=O)cc1CC(=O)N(CCNC(C)=O)C(C)C(=O)O. The van der Waals surface area contributed by atoms with Crippen LogP contribution in [0.4, 0.5) is 0 Å². The number of nitrogens with one attached hydrogen (secondary N) is 1. The summed E-state index contributed by atoms with van der Waals surface area (Å²) >= 11 is 0. The van der Waals surface area contributed by atoms with E-state index >= 15 is 0 Å². The predicted octanol–water partition coefficient (Wildman–Crippen LogP) is 0.878. The van der Waals surface area contributed by atoms with E-state index in [1.54, 1.807) is 18.2 Å². The van der Waals surface area contributed by atoms with Gasteiger partial charge in [0.15, 0.2) is 5.78 Å². The minimum absolute atomic E-state index is 0.0561. The Labute approximate surface area is 152 Å². The van der Waals surface area contributed by atoms with Crippen molar-refractivity contribution in [2.75, 3.05) is 20.2 Å². The molecule has 0 aromatic heterocycles. The predicted molar refractivity (Wildman–Crippen MR) is 94.2 cm³/mol. The number of rotatable bonds is 9. The summed E-state index contributed by atoms with van der Waals surface area (Å²) in [5.41, 5.74) is 0.928. The number of hydrogen-bond acceptors (Lipinski definition) is 5. The minimum atomic E-state index is -1.15. The zero-order valence-corrected chi connectivity index (χ0v) is 15.4. The van der Waals surface area contributed by atoms with Gasteiger partial charge in [0.25, 0.3) is 0 Å². The van der Waals surface area contributed by atoms with Gasteiger partial charge in [-0.05, 0) is 32.0 Å². The lowest BCUT2D eigenvalue weighted by atomic mass is 10.0. The van der Waals surface area contributed by atoms with E-state index in [2.05, 4.69) is 5.32 Å². The molecule has 0 aliphatic carbocycles. The number of carboxylic acids is 1. The fourth-order valence-corrected chi connectivity index (χ4v) is 2.42. The van der Waals surface area contributed by atoms with E-state index in [0.717, 1.165) is 0 Å². The van der Waals surface area contributed by atoms with Crippen LogP contribution < -0.4 is 10.1 Å². The number of Topliss-reactive ketones (excluding diaryl/α,β-unsaturated/α-hetero) is 1. The highest BCUT2D eigenvalue weighted by Crippen LogP contribution is 2.22. The number of benzene rings is 1. The zero-order chi connectivity index (χ0) is 19.9. The van der Waals surface area contributed by atoms with Crippen molar-refractivity contribution in [3.63, 3.8) is 0 Å². The van der Waals surface area contributed by atoms with Crippen LogP contribution in [0.2, 0.25) is 0 Å². The molecular weight excluding hydrogens is 340 g/mol. The van der Waals surface area contributed by atoms with Gasteiger partial charge in [-0.15, -0.1) is 0 Å². The highest BCUT2D eigenvalue weighted by Gasteiger charge is 2.26. The highest BCUT2D eigenvalue weighted by molar-refractivity contribution is 5.95. The first kappa shape index (κ1) is 21.1. The Morgan fingerprint density at radius 2 is 1.88 bits per heavy atom. The average Bonchev–Trinajstić information content (AvgIpc) is 2.57. The molecule has 26 heavy (non-hydrogen) atoms. The van der Waals surface area contributed by atoms with Crippen LogP contribution >= 0.6 is 0 Å². The first-order chi connectivity index (χ1) is 12.2. The summed E-state index contributed by atoms with van der Waals surface area (Å²) in [4.78, 5) is 47.7. The van der Waals surface area contributed by atoms with Crippen molar-refractivity contribution in [2.45, 2.75) is 33.2 Å². The minimum Gasteiger partial charge on any atom is -0.496 e. The Bertz CT molecular complexity index is 701. The van der Waals surface area contributed by atoms with Gasteiger partial charge in [-0.25, -0.2) is 4.79 Å². The lowest BCUT2D eigenvalue weighted by Gasteiger charge is -2.27. The molecule has 142 valence electrons. The summed E-state index contributed by atoms with van der Waals surface area (Å²) in [5, 5.41) is 11.8. The van der Waals surface area contributed by atoms with Gasteiger partial charge >= 0.3 is 5.97 Å². The molecule has 0 spiro atoms. The molecule has 2 N–H and O–H groups in total. The zero-order valence-electron chi connectivity index (χ0n) is 15.4. The summed E-state index contributed by atoms with van der Waals surface area (Å²) in [6, 6.07) is 3.71. The normalized spacial score (nSPS) is 11.4. The van der Waals surface area contributed by atoms with Gasteiger partial charge in [-0.3, -0.25) is 14.4 Å². The van der Waals surface area contributed by atoms with Crippen LogP contribution in [-0.2, 0) is 20.8 Å². The third-order valence-electron chi connectivity index (χ3n) is 3.90. The maximum Gasteiger partial charge on any atom is 0.326 e. The largest absolute Gasteiger partial charge is 0.496 e. The van der Waals surface area contributed by atoms with E-state index in [0.29, 0.717) is 16.9 Å². The standard InChI is InChI=1S/C18H24N2O6/c1-11(18(24)25)20(8-7-19-13(3)22)17(23)10-15-9-14(12(2)21)5-6-16(15)26-4/h5-6,9,11H,7-8,10H2,1-4H3,(H,19,22)(H,24,25). The maximum absolute atomic E-state index is 12.7. The van der Waals surface area contributed by atoms with Gasteiger partial charge in [0.1, 0.15) is 11.8 Å². The summed E-state index contributed by atoms with van der Waals surface area (Å²) in [6.45, 7) is 4.35. The van der Waals surface area contributed by atoms with Crippen LogP contribution in [0.15, 0.2) is 18.2 Å². The number of amides is 2. The molecule has 0 saturated carbocycles. The molecule has 0 bridgehead atoms. The maximum atomic E-state index is 12.7. The first-order valence-electron chi connectivity index (χ1n) is 8.12. The van der Waals surface area contributed by atoms with Crippen molar-refractivity contribution >= 4 is 23.6 Å². The smallest absolute Gasteiger partial charge is 0.326 e. The van der Waals surface area contributed by atoms with E-state index in [1.807, 2.05) is 0 Å². The van der Waals surface area contributed by atoms with Crippen LogP contribution in [0, 0.1) is 0 Å². The summed E-state index contributed by atoms with van der Waals surface area (Å²) in [6.07, 6.45) is -0.123. The van der Waals surface area contributed by atoms with Crippen molar-refractivity contribution in [1.29, 1.82) is 0 Å². The van der Waals surface area contributed by atoms with E-state index in [9.17, 15) is 24.3 Å². The molecule has 0 saturated heterocycles. The number of hydrogen-bond donors (Lipinski definition) is 2. The lowest BCUT2D eigenvalue weighted by Crippen LogP contribution is -2.47. The second kappa shape index (κ2) is 9.55. The number of ether oxygens (including phenoxy) is 1. The van der Waals surface area contributed by atoms with Gasteiger partial charge in [-0.1, -0.05) is 0 Å². The molecule has 0 fully saturated rings. The molecule has 1 aromatic rings. The van der Waals surface area contributed by atoms with Crippen molar-refractivity contribution in [1.82, 2.24) is 10.2 Å². The van der Waals surface area contributed by atoms with Gasteiger partial charge < -0.3 is 20.1 Å². The van der Waals surface area contributed by atoms with Crippen molar-refractivity contribution in [2.24, 2.45) is 0 Å². The van der Waals surface area contributed by atoms with Crippen LogP contribution in [0.3, 0.4) is 0 Å². The van der Waals surface area contributed by atoms with Gasteiger partial charge in [0.2, 0.25) is 11.8 Å². The molecule has 2 amide bonds. The number of carbonyl (C=O) groups is 4. The molecule has 1 unspecified atom stereocenters. The quantitative estimate of drug-likeness (QED) is 0.629. The summed E-state index contributed by atoms with van der Waals surface area (Å²) < 4.78 is 5.23. The third kappa shape index (κ3) is 5.87. The average molecular weight is 364 g/mol. The van der Waals surface area contributed by atoms with Crippen molar-refractivity contribution in [3.05, 3.63) is 29.3 Å². The van der Waals surface area contributed by atoms with Crippen LogP contribution in [0.5, 0.6) is 5.75 Å². The lowest BCUT2D eigenvalue weighted by molar-refractivity contribution is -0.149.